The zero-order valence-electron chi connectivity index (χ0n) is 15.4. The second kappa shape index (κ2) is 7.60. The molecule has 0 aliphatic carbocycles. The summed E-state index contributed by atoms with van der Waals surface area (Å²) in [6.07, 6.45) is 4.53. The van der Waals surface area contributed by atoms with Gasteiger partial charge >= 0.3 is 0 Å². The van der Waals surface area contributed by atoms with Crippen LogP contribution in [0.25, 0.3) is 11.3 Å². The summed E-state index contributed by atoms with van der Waals surface area (Å²) in [6, 6.07) is 4.82. The molecule has 5 nitrogen and oxygen atoms in total. The lowest BCUT2D eigenvalue weighted by Crippen LogP contribution is -2.49. The van der Waals surface area contributed by atoms with Gasteiger partial charge in [-0.2, -0.15) is 0 Å². The van der Waals surface area contributed by atoms with Crippen molar-refractivity contribution in [2.24, 2.45) is 0 Å². The van der Waals surface area contributed by atoms with Gasteiger partial charge in [0.2, 0.25) is 0 Å². The minimum atomic E-state index is -0.515. The van der Waals surface area contributed by atoms with Gasteiger partial charge in [0.15, 0.2) is 0 Å². The van der Waals surface area contributed by atoms with Crippen LogP contribution in [0.5, 0.6) is 0 Å². The molecule has 144 valence electrons. The Labute approximate surface area is 163 Å². The summed E-state index contributed by atoms with van der Waals surface area (Å²) in [4.78, 5) is 17.6. The fourth-order valence-corrected chi connectivity index (χ4v) is 4.47. The van der Waals surface area contributed by atoms with E-state index in [9.17, 15) is 9.18 Å². The highest BCUT2D eigenvalue weighted by Gasteiger charge is 2.33. The van der Waals surface area contributed by atoms with Crippen LogP contribution in [0.3, 0.4) is 0 Å². The maximum Gasteiger partial charge on any atom is 0.259 e. The van der Waals surface area contributed by atoms with Gasteiger partial charge in [-0.25, -0.2) is 4.39 Å². The Morgan fingerprint density at radius 2 is 2.04 bits per heavy atom. The van der Waals surface area contributed by atoms with Crippen molar-refractivity contribution in [3.05, 3.63) is 40.4 Å². The molecule has 1 atom stereocenters. The lowest BCUT2D eigenvalue weighted by atomic mass is 10.0. The van der Waals surface area contributed by atoms with E-state index in [1.54, 1.807) is 13.0 Å². The van der Waals surface area contributed by atoms with Crippen molar-refractivity contribution >= 4 is 17.5 Å². The minimum Gasteiger partial charge on any atom is -0.360 e. The smallest absolute Gasteiger partial charge is 0.259 e. The molecule has 0 saturated carbocycles. The molecule has 0 radical (unpaired) electrons. The fourth-order valence-electron chi connectivity index (χ4n) is 4.22. The maximum atomic E-state index is 14.4. The molecule has 4 rings (SSSR count). The number of benzene rings is 1. The number of piperidine rings is 1. The van der Waals surface area contributed by atoms with Gasteiger partial charge in [-0.05, 0) is 57.8 Å². The Balaban J connectivity index is 1.63. The van der Waals surface area contributed by atoms with Crippen LogP contribution < -0.4 is 0 Å². The number of aryl methyl sites for hydroxylation is 1. The van der Waals surface area contributed by atoms with E-state index in [0.717, 1.165) is 25.9 Å². The molecule has 2 fully saturated rings. The van der Waals surface area contributed by atoms with Crippen LogP contribution in [-0.2, 0) is 0 Å². The molecule has 1 aromatic heterocycles. The Morgan fingerprint density at radius 3 is 2.78 bits per heavy atom. The number of hydrogen-bond acceptors (Lipinski definition) is 4. The number of hydrogen-bond donors (Lipinski definition) is 0. The first-order chi connectivity index (χ1) is 13.1. The van der Waals surface area contributed by atoms with E-state index in [-0.39, 0.29) is 22.2 Å². The minimum absolute atomic E-state index is 0.118. The highest BCUT2D eigenvalue weighted by atomic mass is 35.5. The van der Waals surface area contributed by atoms with Crippen molar-refractivity contribution in [3.63, 3.8) is 0 Å². The number of carbonyl (C=O) groups excluding carboxylic acids is 1. The van der Waals surface area contributed by atoms with Crippen molar-refractivity contribution in [3.8, 4) is 11.3 Å². The molecule has 1 unspecified atom stereocenters. The zero-order chi connectivity index (χ0) is 19.0. The molecule has 1 amide bonds. The number of likely N-dealkylation sites (tertiary alicyclic amines) is 2. The van der Waals surface area contributed by atoms with Gasteiger partial charge < -0.3 is 9.42 Å². The van der Waals surface area contributed by atoms with Crippen LogP contribution in [-0.4, -0.2) is 53.1 Å². The molecule has 2 aliphatic heterocycles. The summed E-state index contributed by atoms with van der Waals surface area (Å²) in [5.41, 5.74) is 0.612. The van der Waals surface area contributed by atoms with Crippen LogP contribution in [0.15, 0.2) is 22.7 Å². The second-order valence-electron chi connectivity index (χ2n) is 7.35. The molecular formula is C20H23ClFN3O2. The Hall–Kier alpha value is -1.92. The molecule has 0 bridgehead atoms. The largest absolute Gasteiger partial charge is 0.360 e. The summed E-state index contributed by atoms with van der Waals surface area (Å²) >= 11 is 6.19. The van der Waals surface area contributed by atoms with Gasteiger partial charge in [-0.1, -0.05) is 22.8 Å². The number of carbonyl (C=O) groups is 1. The van der Waals surface area contributed by atoms with E-state index < -0.39 is 5.82 Å². The van der Waals surface area contributed by atoms with E-state index >= 15 is 0 Å². The van der Waals surface area contributed by atoms with Crippen molar-refractivity contribution in [2.75, 3.05) is 26.2 Å². The molecular weight excluding hydrogens is 369 g/mol. The average Bonchev–Trinajstić information content (AvgIpc) is 3.32. The molecule has 27 heavy (non-hydrogen) atoms. The SMILES string of the molecule is Cc1onc(-c2c(F)cccc2Cl)c1C(=O)N1CCCC(N2CCCC2)C1. The number of halogens is 2. The third-order valence-electron chi connectivity index (χ3n) is 5.62. The first-order valence-electron chi connectivity index (χ1n) is 9.50. The van der Waals surface area contributed by atoms with Gasteiger partial charge in [0.1, 0.15) is 22.8 Å². The van der Waals surface area contributed by atoms with Crippen LogP contribution >= 0.6 is 11.6 Å². The first kappa shape index (κ1) is 18.4. The van der Waals surface area contributed by atoms with Gasteiger partial charge in [-0.15, -0.1) is 0 Å². The lowest BCUT2D eigenvalue weighted by Gasteiger charge is -2.37. The Morgan fingerprint density at radius 1 is 1.26 bits per heavy atom. The quantitative estimate of drug-likeness (QED) is 0.788. The van der Waals surface area contributed by atoms with Crippen molar-refractivity contribution in [1.82, 2.24) is 15.0 Å². The number of aromatic nitrogens is 1. The molecule has 2 aliphatic rings. The van der Waals surface area contributed by atoms with E-state index in [1.807, 2.05) is 4.90 Å². The third kappa shape index (κ3) is 3.48. The summed E-state index contributed by atoms with van der Waals surface area (Å²) in [7, 11) is 0. The van der Waals surface area contributed by atoms with E-state index in [2.05, 4.69) is 10.1 Å². The standard InChI is InChI=1S/C20H23ClFN3O2/c1-13-17(19(23-27-13)18-15(21)7-4-8-16(18)22)20(26)25-11-5-6-14(12-25)24-9-2-3-10-24/h4,7-8,14H,2-3,5-6,9-12H2,1H3. The molecule has 1 aromatic carbocycles. The molecule has 7 heteroatoms. The summed E-state index contributed by atoms with van der Waals surface area (Å²) < 4.78 is 19.7. The lowest BCUT2D eigenvalue weighted by molar-refractivity contribution is 0.0607. The molecule has 0 spiro atoms. The Bertz CT molecular complexity index is 827. The maximum absolute atomic E-state index is 14.4. The first-order valence-corrected chi connectivity index (χ1v) is 9.88. The topological polar surface area (TPSA) is 49.6 Å². The van der Waals surface area contributed by atoms with Gasteiger partial charge in [0.05, 0.1) is 10.6 Å². The Kier molecular flexibility index (Phi) is 5.19. The van der Waals surface area contributed by atoms with Crippen LogP contribution in [0.4, 0.5) is 4.39 Å². The summed E-state index contributed by atoms with van der Waals surface area (Å²) in [5.74, 6) is -0.289. The van der Waals surface area contributed by atoms with E-state index in [1.165, 1.54) is 25.0 Å². The monoisotopic (exact) mass is 391 g/mol. The normalized spacial score (nSPS) is 21.0. The zero-order valence-corrected chi connectivity index (χ0v) is 16.1. The number of amides is 1. The predicted octanol–water partition coefficient (Wildman–Crippen LogP) is 4.14. The number of rotatable bonds is 3. The highest BCUT2D eigenvalue weighted by Crippen LogP contribution is 2.34. The average molecular weight is 392 g/mol. The fraction of sp³-hybridized carbons (Fsp3) is 0.500. The molecule has 2 saturated heterocycles. The summed E-state index contributed by atoms with van der Waals surface area (Å²) in [5, 5.41) is 4.18. The molecule has 0 N–H and O–H groups in total. The molecule has 2 aromatic rings. The highest BCUT2D eigenvalue weighted by molar-refractivity contribution is 6.33. The van der Waals surface area contributed by atoms with Gasteiger partial charge in [0.25, 0.3) is 5.91 Å². The van der Waals surface area contributed by atoms with Crippen LogP contribution in [0, 0.1) is 12.7 Å². The van der Waals surface area contributed by atoms with Crippen molar-refractivity contribution < 1.29 is 13.7 Å². The molecule has 3 heterocycles. The van der Waals surface area contributed by atoms with E-state index in [0.29, 0.717) is 30.5 Å². The van der Waals surface area contributed by atoms with Crippen molar-refractivity contribution in [2.45, 2.75) is 38.6 Å². The van der Waals surface area contributed by atoms with Crippen LogP contribution in [0.1, 0.15) is 41.8 Å². The van der Waals surface area contributed by atoms with E-state index in [4.69, 9.17) is 16.1 Å². The van der Waals surface area contributed by atoms with Crippen LogP contribution in [0.2, 0.25) is 5.02 Å². The van der Waals surface area contributed by atoms with Gasteiger partial charge in [-0.3, -0.25) is 9.69 Å². The van der Waals surface area contributed by atoms with Gasteiger partial charge in [0, 0.05) is 19.1 Å². The second-order valence-corrected chi connectivity index (χ2v) is 7.76. The van der Waals surface area contributed by atoms with Crippen molar-refractivity contribution in [1.29, 1.82) is 0 Å². The predicted molar refractivity (Wildman–Crippen MR) is 101 cm³/mol. The summed E-state index contributed by atoms with van der Waals surface area (Å²) in [6.45, 7) is 5.27. The number of nitrogens with zero attached hydrogens (tertiary/aromatic N) is 3. The third-order valence-corrected chi connectivity index (χ3v) is 5.93.